The van der Waals surface area contributed by atoms with Gasteiger partial charge in [-0.2, -0.15) is 5.10 Å². The lowest BCUT2D eigenvalue weighted by atomic mass is 10.1. The third kappa shape index (κ3) is 6.85. The molecule has 6 rings (SSSR count). The minimum absolute atomic E-state index is 0.143. The number of benzene rings is 4. The summed E-state index contributed by atoms with van der Waals surface area (Å²) < 4.78 is 18.3. The zero-order chi connectivity index (χ0) is 32.9. The molecule has 0 unspecified atom stereocenters. The molecule has 0 aliphatic carbocycles. The molecule has 0 bridgehead atoms. The van der Waals surface area contributed by atoms with Gasteiger partial charge in [-0.1, -0.05) is 42.5 Å². The van der Waals surface area contributed by atoms with Crippen LogP contribution < -0.4 is 30.9 Å². The molecule has 3 N–H and O–H groups in total. The standard InChI is InChI=1S/C36H33N5O6/c1-41-29-13-12-24(14-25(29)21-39-41)19-37-18-22-8-10-23(11-9-22)20-38-35(43)27-15-32(45-2)33(46-3)16-28(27)40-36(44)34-17-30(42)26-6-4-5-7-31(26)47-34/h4-17,21,37H,18-20H2,1-3H3,(H,38,43)(H,40,44). The topological polar surface area (TPSA) is 137 Å². The molecule has 2 aromatic heterocycles. The highest BCUT2D eigenvalue weighted by molar-refractivity contribution is 6.08. The number of amides is 2. The number of ether oxygens (including phenoxy) is 2. The van der Waals surface area contributed by atoms with Crippen molar-refractivity contribution in [2.24, 2.45) is 7.05 Å². The highest BCUT2D eigenvalue weighted by atomic mass is 16.5. The van der Waals surface area contributed by atoms with Crippen LogP contribution in [0.25, 0.3) is 21.9 Å². The van der Waals surface area contributed by atoms with Crippen molar-refractivity contribution < 1.29 is 23.5 Å². The molecule has 2 amide bonds. The van der Waals surface area contributed by atoms with Gasteiger partial charge in [-0.3, -0.25) is 19.1 Å². The lowest BCUT2D eigenvalue weighted by Crippen LogP contribution is -2.25. The summed E-state index contributed by atoms with van der Waals surface area (Å²) in [6.45, 7) is 1.66. The molecular formula is C36H33N5O6. The average Bonchev–Trinajstić information content (AvgIpc) is 3.46. The van der Waals surface area contributed by atoms with Crippen LogP contribution in [0, 0.1) is 0 Å². The highest BCUT2D eigenvalue weighted by Crippen LogP contribution is 2.34. The van der Waals surface area contributed by atoms with E-state index >= 15 is 0 Å². The van der Waals surface area contributed by atoms with Crippen LogP contribution in [0.2, 0.25) is 0 Å². The third-order valence-corrected chi connectivity index (χ3v) is 7.82. The Morgan fingerprint density at radius 1 is 0.809 bits per heavy atom. The Balaban J connectivity index is 1.11. The number of nitrogens with one attached hydrogen (secondary N) is 3. The summed E-state index contributed by atoms with van der Waals surface area (Å²) in [6.07, 6.45) is 1.87. The number of nitrogens with zero attached hydrogens (tertiary/aromatic N) is 2. The Kier molecular flexibility index (Phi) is 8.98. The lowest BCUT2D eigenvalue weighted by Gasteiger charge is -2.16. The summed E-state index contributed by atoms with van der Waals surface area (Å²) in [7, 11) is 4.84. The van der Waals surface area contributed by atoms with Crippen LogP contribution in [0.4, 0.5) is 5.69 Å². The normalized spacial score (nSPS) is 11.0. The van der Waals surface area contributed by atoms with E-state index in [9.17, 15) is 14.4 Å². The van der Waals surface area contributed by atoms with Crippen LogP contribution >= 0.6 is 0 Å². The van der Waals surface area contributed by atoms with Gasteiger partial charge in [-0.05, 0) is 47.0 Å². The number of rotatable bonds is 11. The molecule has 0 saturated carbocycles. The van der Waals surface area contributed by atoms with Crippen LogP contribution in [0.5, 0.6) is 11.5 Å². The molecule has 0 aliphatic rings. The lowest BCUT2D eigenvalue weighted by molar-refractivity contribution is 0.0951. The van der Waals surface area contributed by atoms with Crippen molar-refractivity contribution in [3.63, 3.8) is 0 Å². The summed E-state index contributed by atoms with van der Waals surface area (Å²) in [4.78, 5) is 39.2. The van der Waals surface area contributed by atoms with E-state index in [-0.39, 0.29) is 34.6 Å². The van der Waals surface area contributed by atoms with Crippen molar-refractivity contribution in [2.45, 2.75) is 19.6 Å². The van der Waals surface area contributed by atoms with E-state index in [1.165, 1.54) is 31.9 Å². The monoisotopic (exact) mass is 631 g/mol. The number of carbonyl (C=O) groups is 2. The predicted octanol–water partition coefficient (Wildman–Crippen LogP) is 5.17. The smallest absolute Gasteiger partial charge is 0.291 e. The molecule has 6 aromatic rings. The molecular weight excluding hydrogens is 598 g/mol. The molecule has 0 aliphatic heterocycles. The maximum atomic E-state index is 13.4. The van der Waals surface area contributed by atoms with Gasteiger partial charge in [0.15, 0.2) is 22.7 Å². The number of hydrogen-bond acceptors (Lipinski definition) is 8. The molecule has 47 heavy (non-hydrogen) atoms. The summed E-state index contributed by atoms with van der Waals surface area (Å²) in [5.41, 5.74) is 4.50. The van der Waals surface area contributed by atoms with Crippen molar-refractivity contribution in [3.05, 3.63) is 129 Å². The van der Waals surface area contributed by atoms with Crippen LogP contribution in [0.15, 0.2) is 100 Å². The summed E-state index contributed by atoms with van der Waals surface area (Å²) in [5, 5.41) is 14.8. The van der Waals surface area contributed by atoms with Gasteiger partial charge >= 0.3 is 0 Å². The van der Waals surface area contributed by atoms with Crippen molar-refractivity contribution in [3.8, 4) is 11.5 Å². The predicted molar refractivity (Wildman–Crippen MR) is 179 cm³/mol. The Morgan fingerprint density at radius 2 is 1.49 bits per heavy atom. The van der Waals surface area contributed by atoms with E-state index in [1.54, 1.807) is 24.3 Å². The second kappa shape index (κ2) is 13.6. The largest absolute Gasteiger partial charge is 0.493 e. The zero-order valence-electron chi connectivity index (χ0n) is 26.1. The molecule has 0 radical (unpaired) electrons. The van der Waals surface area contributed by atoms with Gasteiger partial charge in [-0.15, -0.1) is 0 Å². The van der Waals surface area contributed by atoms with Gasteiger partial charge in [-0.25, -0.2) is 0 Å². The molecule has 11 heteroatoms. The molecule has 4 aromatic carbocycles. The number of hydrogen-bond donors (Lipinski definition) is 3. The number of anilines is 1. The van der Waals surface area contributed by atoms with Gasteiger partial charge in [0.25, 0.3) is 11.8 Å². The van der Waals surface area contributed by atoms with E-state index in [4.69, 9.17) is 13.9 Å². The maximum Gasteiger partial charge on any atom is 0.291 e. The zero-order valence-corrected chi connectivity index (χ0v) is 26.1. The Bertz CT molecular complexity index is 2150. The Morgan fingerprint density at radius 3 is 2.26 bits per heavy atom. The number of carbonyl (C=O) groups excluding carboxylic acids is 2. The second-order valence-corrected chi connectivity index (χ2v) is 10.9. The van der Waals surface area contributed by atoms with Gasteiger partial charge < -0.3 is 29.8 Å². The first-order valence-corrected chi connectivity index (χ1v) is 14.9. The van der Waals surface area contributed by atoms with Crippen LogP contribution in [-0.2, 0) is 26.7 Å². The van der Waals surface area contributed by atoms with E-state index in [0.717, 1.165) is 34.6 Å². The number of fused-ring (bicyclic) bond motifs is 2. The summed E-state index contributed by atoms with van der Waals surface area (Å²) >= 11 is 0. The number of aromatic nitrogens is 2. The number of aryl methyl sites for hydroxylation is 1. The number of para-hydroxylation sites is 1. The molecule has 0 fully saturated rings. The van der Waals surface area contributed by atoms with Gasteiger partial charge in [0.05, 0.1) is 42.6 Å². The average molecular weight is 632 g/mol. The van der Waals surface area contributed by atoms with E-state index in [1.807, 2.05) is 42.2 Å². The van der Waals surface area contributed by atoms with E-state index < -0.39 is 11.8 Å². The van der Waals surface area contributed by atoms with Gasteiger partial charge in [0, 0.05) is 44.2 Å². The minimum atomic E-state index is -0.698. The molecule has 0 saturated heterocycles. The summed E-state index contributed by atoms with van der Waals surface area (Å²) in [5.74, 6) is -0.723. The highest BCUT2D eigenvalue weighted by Gasteiger charge is 2.21. The van der Waals surface area contributed by atoms with Crippen molar-refractivity contribution in [1.82, 2.24) is 20.4 Å². The molecule has 0 spiro atoms. The minimum Gasteiger partial charge on any atom is -0.493 e. The SMILES string of the molecule is COc1cc(NC(=O)c2cc(=O)c3ccccc3o2)c(C(=O)NCc2ccc(CNCc3ccc4c(cnn4C)c3)cc2)cc1OC. The number of methoxy groups -OCH3 is 2. The molecule has 238 valence electrons. The van der Waals surface area contributed by atoms with Crippen molar-refractivity contribution in [2.75, 3.05) is 19.5 Å². The first-order chi connectivity index (χ1) is 22.8. The molecule has 2 heterocycles. The fourth-order valence-electron chi connectivity index (χ4n) is 5.30. The van der Waals surface area contributed by atoms with Crippen molar-refractivity contribution >= 4 is 39.4 Å². The van der Waals surface area contributed by atoms with Crippen molar-refractivity contribution in [1.29, 1.82) is 0 Å². The first-order valence-electron chi connectivity index (χ1n) is 14.9. The fourth-order valence-corrected chi connectivity index (χ4v) is 5.30. The summed E-state index contributed by atoms with van der Waals surface area (Å²) in [6, 6.07) is 25.0. The maximum absolute atomic E-state index is 13.4. The Labute approximate surface area is 270 Å². The van der Waals surface area contributed by atoms with Crippen LogP contribution in [0.1, 0.15) is 37.6 Å². The van der Waals surface area contributed by atoms with Gasteiger partial charge in [0.1, 0.15) is 5.58 Å². The van der Waals surface area contributed by atoms with Crippen LogP contribution in [0.3, 0.4) is 0 Å². The van der Waals surface area contributed by atoms with Gasteiger partial charge in [0.2, 0.25) is 0 Å². The Hall–Kier alpha value is -5.94. The third-order valence-electron chi connectivity index (χ3n) is 7.82. The van der Waals surface area contributed by atoms with Crippen LogP contribution in [-0.4, -0.2) is 35.8 Å². The second-order valence-electron chi connectivity index (χ2n) is 10.9. The first kappa shape index (κ1) is 31.1. The quantitative estimate of drug-likeness (QED) is 0.178. The van der Waals surface area contributed by atoms with E-state index in [0.29, 0.717) is 23.4 Å². The van der Waals surface area contributed by atoms with E-state index in [2.05, 4.69) is 39.2 Å². The fraction of sp³-hybridized carbons (Fsp3) is 0.167. The molecule has 11 nitrogen and oxygen atoms in total. The molecule has 0 atom stereocenters.